The summed E-state index contributed by atoms with van der Waals surface area (Å²) in [5.41, 5.74) is 6.27. The third-order valence-electron chi connectivity index (χ3n) is 3.68. The van der Waals surface area contributed by atoms with Gasteiger partial charge in [-0.15, -0.1) is 0 Å². The largest absolute Gasteiger partial charge is 0.392 e. The molecule has 0 amide bonds. The number of aliphatic hydroxyl groups is 1. The van der Waals surface area contributed by atoms with E-state index in [1.807, 2.05) is 0 Å². The molecule has 2 aromatic carbocycles. The van der Waals surface area contributed by atoms with E-state index >= 15 is 0 Å². The number of aryl methyl sites for hydroxylation is 3. The van der Waals surface area contributed by atoms with Gasteiger partial charge in [0.1, 0.15) is 0 Å². The van der Waals surface area contributed by atoms with Gasteiger partial charge in [-0.25, -0.2) is 0 Å². The van der Waals surface area contributed by atoms with Crippen molar-refractivity contribution in [2.24, 2.45) is 0 Å². The van der Waals surface area contributed by atoms with Crippen LogP contribution < -0.4 is 0 Å². The molecule has 0 saturated heterocycles. The fourth-order valence-corrected chi connectivity index (χ4v) is 2.47. The Morgan fingerprint density at radius 1 is 0.842 bits per heavy atom. The molecular weight excluding hydrogens is 232 g/mol. The number of hydrogen-bond acceptors (Lipinski definition) is 1. The average molecular weight is 254 g/mol. The van der Waals surface area contributed by atoms with Crippen LogP contribution in [0.5, 0.6) is 0 Å². The molecule has 0 aliphatic heterocycles. The van der Waals surface area contributed by atoms with Gasteiger partial charge in [0, 0.05) is 0 Å². The molecule has 19 heavy (non-hydrogen) atoms. The Balaban J connectivity index is 2.05. The van der Waals surface area contributed by atoms with Gasteiger partial charge < -0.3 is 5.11 Å². The van der Waals surface area contributed by atoms with Crippen molar-refractivity contribution >= 4 is 0 Å². The Morgan fingerprint density at radius 2 is 1.42 bits per heavy atom. The molecular formula is C18H22O. The molecule has 0 bridgehead atoms. The summed E-state index contributed by atoms with van der Waals surface area (Å²) in [4.78, 5) is 0. The van der Waals surface area contributed by atoms with Gasteiger partial charge in [-0.3, -0.25) is 0 Å². The summed E-state index contributed by atoms with van der Waals surface area (Å²) in [6.45, 7) is 6.30. The minimum Gasteiger partial charge on any atom is -0.392 e. The highest BCUT2D eigenvalue weighted by molar-refractivity contribution is 5.34. The van der Waals surface area contributed by atoms with Gasteiger partial charge in [-0.2, -0.15) is 0 Å². The molecule has 100 valence electrons. The van der Waals surface area contributed by atoms with Crippen LogP contribution in [0, 0.1) is 20.8 Å². The first-order valence-corrected chi connectivity index (χ1v) is 6.85. The summed E-state index contributed by atoms with van der Waals surface area (Å²) in [6.07, 6.45) is 1.13. The molecule has 0 saturated carbocycles. The van der Waals surface area contributed by atoms with Crippen LogP contribution >= 0.6 is 0 Å². The monoisotopic (exact) mass is 254 g/mol. The zero-order valence-electron chi connectivity index (χ0n) is 12.0. The Bertz CT molecular complexity index is 520. The summed E-state index contributed by atoms with van der Waals surface area (Å²) in [5, 5.41) is 10.3. The molecule has 0 heterocycles. The van der Waals surface area contributed by atoms with E-state index in [-0.39, 0.29) is 6.10 Å². The molecule has 1 heteroatoms. The van der Waals surface area contributed by atoms with Crippen molar-refractivity contribution in [2.75, 3.05) is 0 Å². The maximum atomic E-state index is 10.3. The number of hydrogen-bond donors (Lipinski definition) is 1. The van der Waals surface area contributed by atoms with Gasteiger partial charge in [-0.05, 0) is 55.9 Å². The molecule has 1 N–H and O–H groups in total. The van der Waals surface area contributed by atoms with Crippen LogP contribution in [-0.4, -0.2) is 11.2 Å². The zero-order valence-corrected chi connectivity index (χ0v) is 12.0. The molecule has 0 aliphatic carbocycles. The molecule has 2 aromatic rings. The van der Waals surface area contributed by atoms with Crippen LogP contribution in [0.25, 0.3) is 0 Å². The number of rotatable bonds is 4. The molecule has 0 aliphatic rings. The van der Waals surface area contributed by atoms with Crippen molar-refractivity contribution in [2.45, 2.75) is 39.7 Å². The van der Waals surface area contributed by atoms with Crippen LogP contribution in [0.15, 0.2) is 42.5 Å². The second-order valence-corrected chi connectivity index (χ2v) is 5.42. The maximum Gasteiger partial charge on any atom is 0.0621 e. The molecule has 1 nitrogen and oxygen atoms in total. The van der Waals surface area contributed by atoms with E-state index in [9.17, 15) is 5.11 Å². The van der Waals surface area contributed by atoms with Gasteiger partial charge in [-0.1, -0.05) is 48.0 Å². The van der Waals surface area contributed by atoms with E-state index in [4.69, 9.17) is 0 Å². The van der Waals surface area contributed by atoms with Crippen molar-refractivity contribution in [1.29, 1.82) is 0 Å². The highest BCUT2D eigenvalue weighted by atomic mass is 16.3. The van der Waals surface area contributed by atoms with Crippen LogP contribution in [0.3, 0.4) is 0 Å². The van der Waals surface area contributed by atoms with Crippen LogP contribution in [0.1, 0.15) is 27.8 Å². The Morgan fingerprint density at radius 3 is 2.00 bits per heavy atom. The van der Waals surface area contributed by atoms with Gasteiger partial charge in [0.25, 0.3) is 0 Å². The lowest BCUT2D eigenvalue weighted by atomic mass is 9.95. The zero-order chi connectivity index (χ0) is 13.8. The molecule has 1 unspecified atom stereocenters. The quantitative estimate of drug-likeness (QED) is 0.881. The second kappa shape index (κ2) is 6.03. The lowest BCUT2D eigenvalue weighted by molar-refractivity contribution is 0.175. The SMILES string of the molecule is Cc1ccc(CC(O)Cc2c(C)cccc2C)cc1. The molecule has 1 atom stereocenters. The molecule has 0 radical (unpaired) electrons. The van der Waals surface area contributed by atoms with Crippen LogP contribution in [0.4, 0.5) is 0 Å². The van der Waals surface area contributed by atoms with E-state index < -0.39 is 0 Å². The van der Waals surface area contributed by atoms with Crippen molar-refractivity contribution in [1.82, 2.24) is 0 Å². The summed E-state index contributed by atoms with van der Waals surface area (Å²) in [7, 11) is 0. The molecule has 0 aromatic heterocycles. The predicted molar refractivity (Wildman–Crippen MR) is 80.5 cm³/mol. The third-order valence-corrected chi connectivity index (χ3v) is 3.68. The summed E-state index contributed by atoms with van der Waals surface area (Å²) in [6, 6.07) is 14.7. The van der Waals surface area contributed by atoms with Crippen LogP contribution in [-0.2, 0) is 12.8 Å². The molecule has 2 rings (SSSR count). The van der Waals surface area contributed by atoms with Crippen LogP contribution in [0.2, 0.25) is 0 Å². The van der Waals surface area contributed by atoms with Gasteiger partial charge >= 0.3 is 0 Å². The summed E-state index contributed by atoms with van der Waals surface area (Å²) in [5.74, 6) is 0. The van der Waals surface area contributed by atoms with E-state index in [2.05, 4.69) is 63.2 Å². The van der Waals surface area contributed by atoms with Crippen molar-refractivity contribution < 1.29 is 5.11 Å². The predicted octanol–water partition coefficient (Wildman–Crippen LogP) is 3.76. The highest BCUT2D eigenvalue weighted by Crippen LogP contribution is 2.17. The van der Waals surface area contributed by atoms with Gasteiger partial charge in [0.15, 0.2) is 0 Å². The number of aliphatic hydroxyl groups excluding tert-OH is 1. The number of benzene rings is 2. The lowest BCUT2D eigenvalue weighted by Gasteiger charge is -2.15. The second-order valence-electron chi connectivity index (χ2n) is 5.42. The van der Waals surface area contributed by atoms with Crippen molar-refractivity contribution in [3.8, 4) is 0 Å². The Hall–Kier alpha value is -1.60. The highest BCUT2D eigenvalue weighted by Gasteiger charge is 2.10. The van der Waals surface area contributed by atoms with Crippen molar-refractivity contribution in [3.05, 3.63) is 70.3 Å². The average Bonchev–Trinajstić information content (AvgIpc) is 2.37. The summed E-state index contributed by atoms with van der Waals surface area (Å²) < 4.78 is 0. The first-order chi connectivity index (χ1) is 9.06. The van der Waals surface area contributed by atoms with Crippen molar-refractivity contribution in [3.63, 3.8) is 0 Å². The Labute approximate surface area is 115 Å². The third kappa shape index (κ3) is 3.68. The minimum atomic E-state index is -0.317. The fourth-order valence-electron chi connectivity index (χ4n) is 2.47. The minimum absolute atomic E-state index is 0.317. The molecule has 0 spiro atoms. The summed E-state index contributed by atoms with van der Waals surface area (Å²) >= 11 is 0. The van der Waals surface area contributed by atoms with E-state index in [1.165, 1.54) is 27.8 Å². The van der Waals surface area contributed by atoms with E-state index in [0.717, 1.165) is 6.42 Å². The fraction of sp³-hybridized carbons (Fsp3) is 0.333. The molecule has 0 fully saturated rings. The Kier molecular flexibility index (Phi) is 4.39. The van der Waals surface area contributed by atoms with E-state index in [1.54, 1.807) is 0 Å². The smallest absolute Gasteiger partial charge is 0.0621 e. The topological polar surface area (TPSA) is 20.2 Å². The van der Waals surface area contributed by atoms with Gasteiger partial charge in [0.2, 0.25) is 0 Å². The lowest BCUT2D eigenvalue weighted by Crippen LogP contribution is -2.15. The first kappa shape index (κ1) is 13.8. The van der Waals surface area contributed by atoms with Gasteiger partial charge in [0.05, 0.1) is 6.10 Å². The van der Waals surface area contributed by atoms with E-state index in [0.29, 0.717) is 6.42 Å². The standard InChI is InChI=1S/C18H22O/c1-13-7-9-16(10-8-13)11-17(19)12-18-14(2)5-4-6-15(18)3/h4-10,17,19H,11-12H2,1-3H3. The maximum absolute atomic E-state index is 10.3. The normalized spacial score (nSPS) is 12.4. The first-order valence-electron chi connectivity index (χ1n) is 6.85.